The van der Waals surface area contributed by atoms with E-state index in [0.717, 1.165) is 36.6 Å². The Balaban J connectivity index is 2.28. The Morgan fingerprint density at radius 3 is 2.58 bits per heavy atom. The van der Waals surface area contributed by atoms with Crippen molar-refractivity contribution in [2.45, 2.75) is 43.5 Å². The van der Waals surface area contributed by atoms with E-state index in [4.69, 9.17) is 0 Å². The number of halogens is 1. The molecule has 1 fully saturated rings. The molecule has 1 heterocycles. The smallest absolute Gasteiger partial charge is 0.207 e. The van der Waals surface area contributed by atoms with Crippen molar-refractivity contribution in [1.29, 1.82) is 0 Å². The van der Waals surface area contributed by atoms with Crippen LogP contribution in [0, 0.1) is 6.92 Å². The van der Waals surface area contributed by atoms with Crippen molar-refractivity contribution < 1.29 is 8.42 Å². The van der Waals surface area contributed by atoms with Crippen LogP contribution in [0.15, 0.2) is 29.2 Å². The first-order valence-electron chi connectivity index (χ1n) is 6.70. The highest BCUT2D eigenvalue weighted by atomic mass is 79.9. The standard InChI is InChI=1S/C14H20BrNO2S/c1-12-5-7-14(8-6-12)19(17,18)16-11-3-2-4-13(16)9-10-15/h5-8,13H,2-4,9-11H2,1H3. The first kappa shape index (κ1) is 15.0. The quantitative estimate of drug-likeness (QED) is 0.785. The Bertz CT molecular complexity index is 511. The molecule has 1 atom stereocenters. The molecule has 0 spiro atoms. The Morgan fingerprint density at radius 2 is 1.95 bits per heavy atom. The lowest BCUT2D eigenvalue weighted by Crippen LogP contribution is -2.43. The van der Waals surface area contributed by atoms with Crippen LogP contribution in [-0.2, 0) is 10.0 Å². The second-order valence-electron chi connectivity index (χ2n) is 5.06. The molecule has 1 saturated heterocycles. The first-order chi connectivity index (χ1) is 9.05. The molecule has 1 aromatic carbocycles. The molecule has 2 rings (SSSR count). The molecule has 0 radical (unpaired) electrons. The lowest BCUT2D eigenvalue weighted by Gasteiger charge is -2.34. The predicted molar refractivity (Wildman–Crippen MR) is 81.1 cm³/mol. The average molecular weight is 346 g/mol. The first-order valence-corrected chi connectivity index (χ1v) is 9.26. The van der Waals surface area contributed by atoms with Crippen molar-refractivity contribution in [3.05, 3.63) is 29.8 Å². The van der Waals surface area contributed by atoms with Crippen LogP contribution in [0.25, 0.3) is 0 Å². The number of sulfonamides is 1. The zero-order valence-electron chi connectivity index (χ0n) is 11.2. The molecule has 19 heavy (non-hydrogen) atoms. The number of alkyl halides is 1. The maximum Gasteiger partial charge on any atom is 0.243 e. The van der Waals surface area contributed by atoms with Crippen molar-refractivity contribution in [1.82, 2.24) is 4.31 Å². The van der Waals surface area contributed by atoms with E-state index in [2.05, 4.69) is 15.9 Å². The molecule has 0 bridgehead atoms. The van der Waals surface area contributed by atoms with E-state index in [-0.39, 0.29) is 6.04 Å². The summed E-state index contributed by atoms with van der Waals surface area (Å²) in [7, 11) is -3.34. The van der Waals surface area contributed by atoms with Crippen molar-refractivity contribution in [2.75, 3.05) is 11.9 Å². The molecule has 106 valence electrons. The van der Waals surface area contributed by atoms with E-state index in [1.807, 2.05) is 19.1 Å². The maximum absolute atomic E-state index is 12.7. The maximum atomic E-state index is 12.7. The molecule has 3 nitrogen and oxygen atoms in total. The van der Waals surface area contributed by atoms with Crippen LogP contribution in [0.2, 0.25) is 0 Å². The van der Waals surface area contributed by atoms with Gasteiger partial charge in [0.05, 0.1) is 4.90 Å². The van der Waals surface area contributed by atoms with Crippen LogP contribution in [0.5, 0.6) is 0 Å². The third-order valence-electron chi connectivity index (χ3n) is 3.64. The van der Waals surface area contributed by atoms with Crippen molar-refractivity contribution >= 4 is 26.0 Å². The van der Waals surface area contributed by atoms with Gasteiger partial charge in [-0.1, -0.05) is 40.0 Å². The van der Waals surface area contributed by atoms with E-state index in [9.17, 15) is 8.42 Å². The van der Waals surface area contributed by atoms with Gasteiger partial charge in [-0.05, 0) is 38.3 Å². The third kappa shape index (κ3) is 3.38. The van der Waals surface area contributed by atoms with Gasteiger partial charge in [-0.2, -0.15) is 4.31 Å². The summed E-state index contributed by atoms with van der Waals surface area (Å²) in [5, 5.41) is 0.845. The van der Waals surface area contributed by atoms with Gasteiger partial charge < -0.3 is 0 Å². The lowest BCUT2D eigenvalue weighted by atomic mass is 10.0. The largest absolute Gasteiger partial charge is 0.243 e. The Morgan fingerprint density at radius 1 is 1.26 bits per heavy atom. The van der Waals surface area contributed by atoms with Gasteiger partial charge in [0.15, 0.2) is 0 Å². The average Bonchev–Trinajstić information content (AvgIpc) is 2.40. The molecule has 0 amide bonds. The number of aryl methyl sites for hydroxylation is 1. The molecule has 5 heteroatoms. The summed E-state index contributed by atoms with van der Waals surface area (Å²) in [6, 6.07) is 7.28. The van der Waals surface area contributed by atoms with Gasteiger partial charge in [0, 0.05) is 17.9 Å². The number of piperidine rings is 1. The minimum atomic E-state index is -3.34. The molecule has 0 aliphatic carbocycles. The van der Waals surface area contributed by atoms with Crippen LogP contribution in [0.4, 0.5) is 0 Å². The molecule has 1 aliphatic heterocycles. The lowest BCUT2D eigenvalue weighted by molar-refractivity contribution is 0.248. The Hall–Kier alpha value is -0.390. The zero-order chi connectivity index (χ0) is 13.9. The fourth-order valence-electron chi connectivity index (χ4n) is 2.55. The number of rotatable bonds is 4. The second kappa shape index (κ2) is 6.37. The van der Waals surface area contributed by atoms with Crippen LogP contribution in [0.1, 0.15) is 31.2 Å². The minimum Gasteiger partial charge on any atom is -0.207 e. The van der Waals surface area contributed by atoms with E-state index in [1.165, 1.54) is 0 Å². The van der Waals surface area contributed by atoms with E-state index in [1.54, 1.807) is 16.4 Å². The number of hydrogen-bond acceptors (Lipinski definition) is 2. The molecule has 0 N–H and O–H groups in total. The van der Waals surface area contributed by atoms with E-state index in [0.29, 0.717) is 11.4 Å². The van der Waals surface area contributed by atoms with Crippen molar-refractivity contribution in [2.24, 2.45) is 0 Å². The topological polar surface area (TPSA) is 37.4 Å². The SMILES string of the molecule is Cc1ccc(S(=O)(=O)N2CCCCC2CCBr)cc1. The zero-order valence-corrected chi connectivity index (χ0v) is 13.6. The molecule has 1 unspecified atom stereocenters. The molecular weight excluding hydrogens is 326 g/mol. The van der Waals surface area contributed by atoms with Crippen LogP contribution < -0.4 is 0 Å². The molecule has 0 saturated carbocycles. The monoisotopic (exact) mass is 345 g/mol. The van der Waals surface area contributed by atoms with Gasteiger partial charge >= 0.3 is 0 Å². The van der Waals surface area contributed by atoms with Gasteiger partial charge in [0.2, 0.25) is 10.0 Å². The molecular formula is C14H20BrNO2S. The fourth-order valence-corrected chi connectivity index (χ4v) is 4.80. The highest BCUT2D eigenvalue weighted by molar-refractivity contribution is 9.09. The number of benzene rings is 1. The van der Waals surface area contributed by atoms with Crippen LogP contribution in [-0.4, -0.2) is 30.6 Å². The molecule has 1 aromatic rings. The van der Waals surface area contributed by atoms with Gasteiger partial charge in [-0.3, -0.25) is 0 Å². The van der Waals surface area contributed by atoms with Gasteiger partial charge in [-0.15, -0.1) is 0 Å². The van der Waals surface area contributed by atoms with Gasteiger partial charge in [0.1, 0.15) is 0 Å². The summed E-state index contributed by atoms with van der Waals surface area (Å²) in [4.78, 5) is 0.416. The normalized spacial score (nSPS) is 21.5. The highest BCUT2D eigenvalue weighted by Gasteiger charge is 2.32. The minimum absolute atomic E-state index is 0.138. The van der Waals surface area contributed by atoms with Crippen molar-refractivity contribution in [3.63, 3.8) is 0 Å². The number of hydrogen-bond donors (Lipinski definition) is 0. The van der Waals surface area contributed by atoms with E-state index >= 15 is 0 Å². The summed E-state index contributed by atoms with van der Waals surface area (Å²) >= 11 is 3.42. The fraction of sp³-hybridized carbons (Fsp3) is 0.571. The van der Waals surface area contributed by atoms with Crippen molar-refractivity contribution in [3.8, 4) is 0 Å². The van der Waals surface area contributed by atoms with E-state index < -0.39 is 10.0 Å². The Kier molecular flexibility index (Phi) is 5.03. The molecule has 0 aromatic heterocycles. The summed E-state index contributed by atoms with van der Waals surface area (Å²) in [5.74, 6) is 0. The van der Waals surface area contributed by atoms with Crippen LogP contribution in [0.3, 0.4) is 0 Å². The van der Waals surface area contributed by atoms with Gasteiger partial charge in [0.25, 0.3) is 0 Å². The van der Waals surface area contributed by atoms with Gasteiger partial charge in [-0.25, -0.2) is 8.42 Å². The summed E-state index contributed by atoms with van der Waals surface area (Å²) < 4.78 is 27.1. The molecule has 1 aliphatic rings. The summed E-state index contributed by atoms with van der Waals surface area (Å²) in [5.41, 5.74) is 1.08. The summed E-state index contributed by atoms with van der Waals surface area (Å²) in [6.07, 6.45) is 3.93. The second-order valence-corrected chi connectivity index (χ2v) is 7.74. The van der Waals surface area contributed by atoms with Crippen LogP contribution >= 0.6 is 15.9 Å². The number of nitrogens with zero attached hydrogens (tertiary/aromatic N) is 1. The predicted octanol–water partition coefficient (Wildman–Crippen LogP) is 3.32. The Labute approximate surface area is 124 Å². The third-order valence-corrected chi connectivity index (χ3v) is 6.07. The summed E-state index contributed by atoms with van der Waals surface area (Å²) in [6.45, 7) is 2.61. The highest BCUT2D eigenvalue weighted by Crippen LogP contribution is 2.27.